The highest BCUT2D eigenvalue weighted by atomic mass is 19.3. The smallest absolute Gasteiger partial charge is 0.264 e. The van der Waals surface area contributed by atoms with Crippen LogP contribution < -0.4 is 5.73 Å². The van der Waals surface area contributed by atoms with Crippen molar-refractivity contribution in [1.82, 2.24) is 0 Å². The van der Waals surface area contributed by atoms with E-state index in [9.17, 15) is 8.78 Å². The monoisotopic (exact) mass is 197 g/mol. The van der Waals surface area contributed by atoms with E-state index >= 15 is 0 Å². The summed E-state index contributed by atoms with van der Waals surface area (Å²) in [5, 5.41) is 0. The van der Waals surface area contributed by atoms with Gasteiger partial charge in [-0.05, 0) is 30.4 Å². The summed E-state index contributed by atoms with van der Waals surface area (Å²) in [4.78, 5) is 0. The summed E-state index contributed by atoms with van der Waals surface area (Å²) < 4.78 is 25.3. The second-order valence-electron chi connectivity index (χ2n) is 3.71. The maximum Gasteiger partial charge on any atom is 0.264 e. The van der Waals surface area contributed by atoms with Crippen LogP contribution in [0.25, 0.3) is 0 Å². The summed E-state index contributed by atoms with van der Waals surface area (Å²) in [6, 6.07) is 4.98. The van der Waals surface area contributed by atoms with Gasteiger partial charge in [0.1, 0.15) is 0 Å². The molecule has 1 aliphatic carbocycles. The van der Waals surface area contributed by atoms with Crippen molar-refractivity contribution in [1.29, 1.82) is 0 Å². The zero-order valence-corrected chi connectivity index (χ0v) is 7.84. The second-order valence-corrected chi connectivity index (χ2v) is 3.71. The molecule has 0 aliphatic heterocycles. The quantitative estimate of drug-likeness (QED) is 0.735. The molecule has 1 aliphatic rings. The van der Waals surface area contributed by atoms with E-state index in [-0.39, 0.29) is 11.6 Å². The molecule has 0 amide bonds. The summed E-state index contributed by atoms with van der Waals surface area (Å²) in [6.07, 6.45) is 0.177. The minimum Gasteiger partial charge on any atom is -0.324 e. The van der Waals surface area contributed by atoms with Crippen molar-refractivity contribution < 1.29 is 8.78 Å². The Morgan fingerprint density at radius 2 is 2.14 bits per heavy atom. The first kappa shape index (κ1) is 9.59. The van der Waals surface area contributed by atoms with Crippen molar-refractivity contribution >= 4 is 0 Å². The molecular formula is C11H13F2N. The molecule has 0 heterocycles. The van der Waals surface area contributed by atoms with Gasteiger partial charge in [0.05, 0.1) is 0 Å². The second kappa shape index (κ2) is 3.65. The van der Waals surface area contributed by atoms with Gasteiger partial charge in [0.2, 0.25) is 0 Å². The van der Waals surface area contributed by atoms with Crippen molar-refractivity contribution in [2.24, 2.45) is 5.73 Å². The highest BCUT2D eigenvalue weighted by molar-refractivity contribution is 5.39. The van der Waals surface area contributed by atoms with E-state index in [1.165, 1.54) is 6.07 Å². The average Bonchev–Trinajstić information content (AvgIpc) is 2.17. The largest absolute Gasteiger partial charge is 0.324 e. The maximum absolute atomic E-state index is 12.6. The molecule has 2 N–H and O–H groups in total. The zero-order valence-electron chi connectivity index (χ0n) is 7.84. The molecule has 0 aromatic heterocycles. The van der Waals surface area contributed by atoms with Gasteiger partial charge in [-0.1, -0.05) is 18.2 Å². The van der Waals surface area contributed by atoms with E-state index in [1.54, 1.807) is 6.07 Å². The third-order valence-corrected chi connectivity index (χ3v) is 2.82. The maximum atomic E-state index is 12.6. The first-order valence-electron chi connectivity index (χ1n) is 4.85. The first-order valence-corrected chi connectivity index (χ1v) is 4.85. The molecule has 0 radical (unpaired) electrons. The number of fused-ring (bicyclic) bond motifs is 1. The highest BCUT2D eigenvalue weighted by Gasteiger charge is 2.22. The molecule has 1 aromatic carbocycles. The van der Waals surface area contributed by atoms with Crippen LogP contribution >= 0.6 is 0 Å². The Bertz CT molecular complexity index is 322. The SMILES string of the molecule is N[C@@H]1CCCc2c(C(F)F)cccc21. The molecular weight excluding hydrogens is 184 g/mol. The summed E-state index contributed by atoms with van der Waals surface area (Å²) >= 11 is 0. The molecule has 1 aromatic rings. The normalized spacial score (nSPS) is 21.0. The van der Waals surface area contributed by atoms with E-state index in [1.807, 2.05) is 6.07 Å². The minimum absolute atomic E-state index is 0.0579. The van der Waals surface area contributed by atoms with Gasteiger partial charge in [-0.25, -0.2) is 8.78 Å². The lowest BCUT2D eigenvalue weighted by molar-refractivity contribution is 0.149. The van der Waals surface area contributed by atoms with Gasteiger partial charge in [0.15, 0.2) is 0 Å². The van der Waals surface area contributed by atoms with Crippen LogP contribution in [-0.4, -0.2) is 0 Å². The standard InChI is InChI=1S/C11H13F2N/c12-11(13)9-5-1-4-8-7(9)3-2-6-10(8)14/h1,4-5,10-11H,2-3,6,14H2/t10-/m1/s1. The summed E-state index contributed by atoms with van der Waals surface area (Å²) in [5.74, 6) is 0. The molecule has 0 unspecified atom stereocenters. The predicted octanol–water partition coefficient (Wildman–Crippen LogP) is 2.96. The molecule has 1 nitrogen and oxygen atoms in total. The van der Waals surface area contributed by atoms with Gasteiger partial charge in [-0.2, -0.15) is 0 Å². The Balaban J connectivity index is 2.49. The van der Waals surface area contributed by atoms with Gasteiger partial charge in [0.25, 0.3) is 6.43 Å². The van der Waals surface area contributed by atoms with Crippen molar-refractivity contribution in [2.45, 2.75) is 31.7 Å². The molecule has 0 saturated heterocycles. The fourth-order valence-corrected chi connectivity index (χ4v) is 2.12. The third kappa shape index (κ3) is 1.52. The molecule has 76 valence electrons. The lowest BCUT2D eigenvalue weighted by atomic mass is 9.85. The highest BCUT2D eigenvalue weighted by Crippen LogP contribution is 2.34. The number of hydrogen-bond donors (Lipinski definition) is 1. The van der Waals surface area contributed by atoms with Crippen LogP contribution in [0.3, 0.4) is 0 Å². The lowest BCUT2D eigenvalue weighted by Crippen LogP contribution is -2.18. The number of hydrogen-bond acceptors (Lipinski definition) is 1. The Morgan fingerprint density at radius 3 is 2.86 bits per heavy atom. The van der Waals surface area contributed by atoms with Crippen LogP contribution in [0.4, 0.5) is 8.78 Å². The van der Waals surface area contributed by atoms with Gasteiger partial charge in [-0.15, -0.1) is 0 Å². The molecule has 1 atom stereocenters. The van der Waals surface area contributed by atoms with Gasteiger partial charge < -0.3 is 5.73 Å². The Morgan fingerprint density at radius 1 is 1.36 bits per heavy atom. The third-order valence-electron chi connectivity index (χ3n) is 2.82. The van der Waals surface area contributed by atoms with Crippen LogP contribution in [0.5, 0.6) is 0 Å². The van der Waals surface area contributed by atoms with Crippen LogP contribution in [0.2, 0.25) is 0 Å². The van der Waals surface area contributed by atoms with E-state index in [4.69, 9.17) is 5.73 Å². The number of rotatable bonds is 1. The topological polar surface area (TPSA) is 26.0 Å². The van der Waals surface area contributed by atoms with Gasteiger partial charge in [-0.3, -0.25) is 0 Å². The number of halogens is 2. The van der Waals surface area contributed by atoms with Crippen molar-refractivity contribution in [2.75, 3.05) is 0 Å². The van der Waals surface area contributed by atoms with Gasteiger partial charge in [0, 0.05) is 11.6 Å². The molecule has 0 spiro atoms. The van der Waals surface area contributed by atoms with Crippen LogP contribution in [0.1, 0.15) is 42.0 Å². The first-order chi connectivity index (χ1) is 6.70. The van der Waals surface area contributed by atoms with Crippen LogP contribution in [-0.2, 0) is 6.42 Å². The fourth-order valence-electron chi connectivity index (χ4n) is 2.12. The predicted molar refractivity (Wildman–Crippen MR) is 51.3 cm³/mol. The van der Waals surface area contributed by atoms with E-state index < -0.39 is 6.43 Å². The summed E-state index contributed by atoms with van der Waals surface area (Å²) in [5.41, 5.74) is 7.73. The van der Waals surface area contributed by atoms with Crippen molar-refractivity contribution in [3.8, 4) is 0 Å². The Hall–Kier alpha value is -0.960. The molecule has 0 bridgehead atoms. The molecule has 0 fully saturated rings. The Kier molecular flexibility index (Phi) is 2.50. The average molecular weight is 197 g/mol. The molecule has 14 heavy (non-hydrogen) atoms. The van der Waals surface area contributed by atoms with Gasteiger partial charge >= 0.3 is 0 Å². The molecule has 2 rings (SSSR count). The van der Waals surface area contributed by atoms with Crippen molar-refractivity contribution in [3.63, 3.8) is 0 Å². The summed E-state index contributed by atoms with van der Waals surface area (Å²) in [7, 11) is 0. The van der Waals surface area contributed by atoms with Crippen molar-refractivity contribution in [3.05, 3.63) is 34.9 Å². The minimum atomic E-state index is -2.38. The number of nitrogens with two attached hydrogens (primary N) is 1. The zero-order chi connectivity index (χ0) is 10.1. The molecule has 3 heteroatoms. The van der Waals surface area contributed by atoms with E-state index in [0.717, 1.165) is 30.4 Å². The Labute approximate surface area is 81.9 Å². The fraction of sp³-hybridized carbons (Fsp3) is 0.455. The number of alkyl halides is 2. The van der Waals surface area contributed by atoms with Crippen LogP contribution in [0.15, 0.2) is 18.2 Å². The molecule has 0 saturated carbocycles. The lowest BCUT2D eigenvalue weighted by Gasteiger charge is -2.24. The van der Waals surface area contributed by atoms with E-state index in [0.29, 0.717) is 0 Å². The number of benzene rings is 1. The van der Waals surface area contributed by atoms with E-state index in [2.05, 4.69) is 0 Å². The summed E-state index contributed by atoms with van der Waals surface area (Å²) in [6.45, 7) is 0. The van der Waals surface area contributed by atoms with Crippen LogP contribution in [0, 0.1) is 0 Å².